The van der Waals surface area contributed by atoms with Crippen LogP contribution in [0.3, 0.4) is 0 Å². The maximum Gasteiger partial charge on any atom is 0.251 e. The Morgan fingerprint density at radius 3 is 2.39 bits per heavy atom. The molecule has 0 aliphatic heterocycles. The van der Waals surface area contributed by atoms with Crippen molar-refractivity contribution < 1.29 is 14.0 Å². The molecule has 3 aromatic carbocycles. The second kappa shape index (κ2) is 10.6. The molecule has 0 radical (unpaired) electrons. The number of carbonyl (C=O) groups excluding carboxylic acids is 2. The van der Waals surface area contributed by atoms with E-state index in [0.717, 1.165) is 16.9 Å². The van der Waals surface area contributed by atoms with Gasteiger partial charge in [-0.3, -0.25) is 14.2 Å². The zero-order valence-electron chi connectivity index (χ0n) is 17.6. The lowest BCUT2D eigenvalue weighted by Gasteiger charge is -2.10. The fourth-order valence-electron chi connectivity index (χ4n) is 3.10. The average Bonchev–Trinajstić information content (AvgIpc) is 3.32. The van der Waals surface area contributed by atoms with Gasteiger partial charge in [-0.15, -0.1) is 0 Å². The lowest BCUT2D eigenvalue weighted by atomic mass is 10.1. The van der Waals surface area contributed by atoms with Gasteiger partial charge in [0.05, 0.1) is 5.75 Å². The number of amides is 2. The van der Waals surface area contributed by atoms with Crippen molar-refractivity contribution in [3.8, 4) is 5.69 Å². The number of nitrogens with one attached hydrogen (secondary N) is 2. The van der Waals surface area contributed by atoms with Crippen LogP contribution in [0.25, 0.3) is 5.69 Å². The van der Waals surface area contributed by atoms with E-state index in [0.29, 0.717) is 17.3 Å². The van der Waals surface area contributed by atoms with Gasteiger partial charge in [-0.25, -0.2) is 9.37 Å². The Hall–Kier alpha value is -3.91. The number of nitrogens with zero attached hydrogens (tertiary/aromatic N) is 2. The van der Waals surface area contributed by atoms with Crippen LogP contribution in [0.2, 0.25) is 0 Å². The predicted molar refractivity (Wildman–Crippen MR) is 127 cm³/mol. The summed E-state index contributed by atoms with van der Waals surface area (Å²) in [6.07, 6.45) is 3.47. The molecular weight excluding hydrogens is 439 g/mol. The van der Waals surface area contributed by atoms with E-state index in [1.54, 1.807) is 36.7 Å². The Morgan fingerprint density at radius 1 is 0.939 bits per heavy atom. The standard InChI is InChI=1S/C25H21FN4O2S/c26-20-10-6-18(7-11-20)16-28-24(32)19-8-12-22(13-9-19)30-15-14-27-25(30)33-17-23(31)29-21-4-2-1-3-5-21/h1-15H,16-17H2,(H,28,32)(H,29,31). The zero-order chi connectivity index (χ0) is 23.0. The van der Waals surface area contributed by atoms with E-state index in [1.165, 1.54) is 23.9 Å². The van der Waals surface area contributed by atoms with E-state index >= 15 is 0 Å². The predicted octanol–water partition coefficient (Wildman–Crippen LogP) is 4.67. The molecule has 0 atom stereocenters. The first-order valence-corrected chi connectivity index (χ1v) is 11.2. The summed E-state index contributed by atoms with van der Waals surface area (Å²) in [7, 11) is 0. The molecule has 166 valence electrons. The lowest BCUT2D eigenvalue weighted by molar-refractivity contribution is -0.113. The van der Waals surface area contributed by atoms with Crippen LogP contribution in [0.5, 0.6) is 0 Å². The smallest absolute Gasteiger partial charge is 0.251 e. The molecule has 0 aliphatic rings. The molecule has 2 amide bonds. The molecule has 33 heavy (non-hydrogen) atoms. The molecule has 0 saturated heterocycles. The highest BCUT2D eigenvalue weighted by atomic mass is 32.2. The lowest BCUT2D eigenvalue weighted by Crippen LogP contribution is -2.22. The van der Waals surface area contributed by atoms with Crippen molar-refractivity contribution in [2.75, 3.05) is 11.1 Å². The van der Waals surface area contributed by atoms with E-state index in [1.807, 2.05) is 47.0 Å². The number of anilines is 1. The molecule has 0 saturated carbocycles. The largest absolute Gasteiger partial charge is 0.348 e. The zero-order valence-corrected chi connectivity index (χ0v) is 18.4. The minimum atomic E-state index is -0.311. The number of rotatable bonds is 8. The van der Waals surface area contributed by atoms with E-state index < -0.39 is 0 Å². The van der Waals surface area contributed by atoms with Crippen molar-refractivity contribution in [2.45, 2.75) is 11.7 Å². The number of halogens is 1. The van der Waals surface area contributed by atoms with Gasteiger partial charge >= 0.3 is 0 Å². The number of hydrogen-bond acceptors (Lipinski definition) is 4. The third kappa shape index (κ3) is 6.08. The highest BCUT2D eigenvalue weighted by molar-refractivity contribution is 7.99. The summed E-state index contributed by atoms with van der Waals surface area (Å²) in [4.78, 5) is 29.0. The summed E-state index contributed by atoms with van der Waals surface area (Å²) >= 11 is 1.33. The fraction of sp³-hybridized carbons (Fsp3) is 0.0800. The van der Waals surface area contributed by atoms with Gasteiger partial charge in [0.25, 0.3) is 5.91 Å². The molecule has 2 N–H and O–H groups in total. The summed E-state index contributed by atoms with van der Waals surface area (Å²) in [5.41, 5.74) is 2.91. The van der Waals surface area contributed by atoms with E-state index in [9.17, 15) is 14.0 Å². The molecule has 0 unspecified atom stereocenters. The number of para-hydroxylation sites is 1. The van der Waals surface area contributed by atoms with Crippen molar-refractivity contribution in [1.82, 2.24) is 14.9 Å². The minimum Gasteiger partial charge on any atom is -0.348 e. The maximum atomic E-state index is 13.0. The van der Waals surface area contributed by atoms with Crippen LogP contribution in [0.1, 0.15) is 15.9 Å². The molecule has 0 aliphatic carbocycles. The second-order valence-corrected chi connectivity index (χ2v) is 8.08. The van der Waals surface area contributed by atoms with Gasteiger partial charge in [0.1, 0.15) is 5.82 Å². The molecule has 0 bridgehead atoms. The van der Waals surface area contributed by atoms with Crippen LogP contribution in [-0.2, 0) is 11.3 Å². The Kier molecular flexibility index (Phi) is 7.16. The van der Waals surface area contributed by atoms with Gasteiger partial charge in [-0.2, -0.15) is 0 Å². The Morgan fingerprint density at radius 2 is 1.67 bits per heavy atom. The molecule has 4 aromatic rings. The summed E-state index contributed by atoms with van der Waals surface area (Å²) in [6, 6.07) is 22.4. The molecule has 6 nitrogen and oxygen atoms in total. The second-order valence-electron chi connectivity index (χ2n) is 7.14. The van der Waals surface area contributed by atoms with Crippen LogP contribution < -0.4 is 10.6 Å². The van der Waals surface area contributed by atoms with Crippen molar-refractivity contribution in [1.29, 1.82) is 0 Å². The molecule has 0 fully saturated rings. The molecule has 4 rings (SSSR count). The van der Waals surface area contributed by atoms with Crippen LogP contribution in [-0.4, -0.2) is 27.1 Å². The van der Waals surface area contributed by atoms with Gasteiger partial charge in [0.15, 0.2) is 5.16 Å². The highest BCUT2D eigenvalue weighted by Crippen LogP contribution is 2.21. The molecule has 1 aromatic heterocycles. The number of hydrogen-bond donors (Lipinski definition) is 2. The third-order valence-corrected chi connectivity index (χ3v) is 5.74. The molecule has 8 heteroatoms. The fourth-order valence-corrected chi connectivity index (χ4v) is 3.87. The quantitative estimate of drug-likeness (QED) is 0.375. The number of thioether (sulfide) groups is 1. The van der Waals surface area contributed by atoms with Gasteiger partial charge in [-0.05, 0) is 54.1 Å². The molecular formula is C25H21FN4O2S. The first kappa shape index (κ1) is 22.3. The van der Waals surface area contributed by atoms with Crippen LogP contribution in [0.15, 0.2) is 96.4 Å². The monoisotopic (exact) mass is 460 g/mol. The van der Waals surface area contributed by atoms with E-state index in [-0.39, 0.29) is 23.4 Å². The molecule has 1 heterocycles. The van der Waals surface area contributed by atoms with Crippen LogP contribution >= 0.6 is 11.8 Å². The SMILES string of the molecule is O=C(CSc1nccn1-c1ccc(C(=O)NCc2ccc(F)cc2)cc1)Nc1ccccc1. The van der Waals surface area contributed by atoms with Crippen molar-refractivity contribution in [2.24, 2.45) is 0 Å². The van der Waals surface area contributed by atoms with Gasteiger partial charge in [-0.1, -0.05) is 42.1 Å². The van der Waals surface area contributed by atoms with Crippen molar-refractivity contribution in [3.63, 3.8) is 0 Å². The normalized spacial score (nSPS) is 10.6. The number of aromatic nitrogens is 2. The van der Waals surface area contributed by atoms with Crippen LogP contribution in [0.4, 0.5) is 10.1 Å². The first-order chi connectivity index (χ1) is 16.1. The first-order valence-electron chi connectivity index (χ1n) is 10.2. The summed E-state index contributed by atoms with van der Waals surface area (Å²) in [5, 5.41) is 6.35. The Labute approximate surface area is 194 Å². The molecule has 0 spiro atoms. The van der Waals surface area contributed by atoms with Crippen molar-refractivity contribution in [3.05, 3.63) is 108 Å². The Bertz CT molecular complexity index is 1230. The van der Waals surface area contributed by atoms with Gasteiger partial charge in [0.2, 0.25) is 5.91 Å². The summed E-state index contributed by atoms with van der Waals surface area (Å²) in [5.74, 6) is -0.428. The topological polar surface area (TPSA) is 76.0 Å². The number of carbonyl (C=O) groups is 2. The van der Waals surface area contributed by atoms with Gasteiger partial charge in [0, 0.05) is 35.9 Å². The van der Waals surface area contributed by atoms with E-state index in [2.05, 4.69) is 15.6 Å². The number of imidazole rings is 1. The van der Waals surface area contributed by atoms with Crippen molar-refractivity contribution >= 4 is 29.3 Å². The number of benzene rings is 3. The van der Waals surface area contributed by atoms with Crippen LogP contribution in [0, 0.1) is 5.82 Å². The average molecular weight is 461 g/mol. The Balaban J connectivity index is 1.34. The minimum absolute atomic E-state index is 0.117. The third-order valence-electron chi connectivity index (χ3n) is 4.77. The van der Waals surface area contributed by atoms with E-state index in [4.69, 9.17) is 0 Å². The maximum absolute atomic E-state index is 13.0. The summed E-state index contributed by atoms with van der Waals surface area (Å²) < 4.78 is 14.9. The van der Waals surface area contributed by atoms with Gasteiger partial charge < -0.3 is 10.6 Å². The summed E-state index contributed by atoms with van der Waals surface area (Å²) in [6.45, 7) is 0.314. The highest BCUT2D eigenvalue weighted by Gasteiger charge is 2.11.